The molecular formula is C29H54NO6P. The molecule has 0 bridgehead atoms. The van der Waals surface area contributed by atoms with Crippen molar-refractivity contribution in [3.8, 4) is 0 Å². The molecule has 1 unspecified atom stereocenters. The van der Waals surface area contributed by atoms with E-state index in [0.29, 0.717) is 23.9 Å². The zero-order chi connectivity index (χ0) is 27.4. The average molecular weight is 544 g/mol. The van der Waals surface area contributed by atoms with Crippen LogP contribution in [0.1, 0.15) is 110 Å². The Balaban J connectivity index is 2.65. The predicted octanol–water partition coefficient (Wildman–Crippen LogP) is 6.86. The van der Waals surface area contributed by atoms with Crippen LogP contribution in [0.25, 0.3) is 0 Å². The van der Waals surface area contributed by atoms with Gasteiger partial charge in [0.15, 0.2) is 0 Å². The van der Waals surface area contributed by atoms with Crippen LogP contribution in [-0.2, 0) is 23.1 Å². The highest BCUT2D eigenvalue weighted by Gasteiger charge is 2.23. The van der Waals surface area contributed by atoms with Crippen molar-refractivity contribution in [3.05, 3.63) is 24.3 Å². The molecular weight excluding hydrogens is 489 g/mol. The maximum absolute atomic E-state index is 12.6. The highest BCUT2D eigenvalue weighted by molar-refractivity contribution is 7.45. The summed E-state index contributed by atoms with van der Waals surface area (Å²) in [6.45, 7) is 2.43. The lowest BCUT2D eigenvalue weighted by Crippen LogP contribution is -2.37. The molecule has 8 heteroatoms. The number of phosphoric ester groups is 1. The van der Waals surface area contributed by atoms with E-state index in [9.17, 15) is 14.3 Å². The molecule has 0 aromatic carbocycles. The molecule has 0 N–H and O–H groups in total. The van der Waals surface area contributed by atoms with Gasteiger partial charge in [0, 0.05) is 6.42 Å². The van der Waals surface area contributed by atoms with Gasteiger partial charge in [-0.15, -0.1) is 0 Å². The fourth-order valence-electron chi connectivity index (χ4n) is 4.22. The molecule has 7 nitrogen and oxygen atoms in total. The Morgan fingerprint density at radius 2 is 1.43 bits per heavy atom. The number of carbonyl (C=O) groups is 1. The van der Waals surface area contributed by atoms with Crippen molar-refractivity contribution in [2.45, 2.75) is 122 Å². The van der Waals surface area contributed by atoms with Gasteiger partial charge in [-0.25, -0.2) is 0 Å². The fourth-order valence-corrected chi connectivity index (χ4v) is 5.13. The van der Waals surface area contributed by atoms with Crippen molar-refractivity contribution < 1.29 is 32.5 Å². The SMILES string of the molecule is C[C@@H]1C/C=C/CC/C=C\CCCCCCCCCCCC[C@@H](OP(=O)([O-])OCC[N+](C)(C)C)CC(=O)O1. The quantitative estimate of drug-likeness (QED) is 0.157. The normalized spacial score (nSPS) is 26.8. The van der Waals surface area contributed by atoms with Crippen LogP contribution in [0.4, 0.5) is 0 Å². The number of likely N-dealkylation sites (N-methyl/N-ethyl adjacent to an activating group) is 1. The van der Waals surface area contributed by atoms with E-state index < -0.39 is 19.9 Å². The number of rotatable bonds is 6. The van der Waals surface area contributed by atoms with Crippen LogP contribution in [-0.4, -0.2) is 57.0 Å². The van der Waals surface area contributed by atoms with Crippen LogP contribution >= 0.6 is 7.82 Å². The number of carbonyl (C=O) groups excluding carboxylic acids is 1. The maximum Gasteiger partial charge on any atom is 0.308 e. The number of cyclic esters (lactones) is 1. The minimum absolute atomic E-state index is 0.0423. The Kier molecular flexibility index (Phi) is 18.4. The first kappa shape index (κ1) is 34.0. The summed E-state index contributed by atoms with van der Waals surface area (Å²) in [7, 11) is 1.37. The zero-order valence-corrected chi connectivity index (χ0v) is 24.9. The fraction of sp³-hybridized carbons (Fsp3) is 0.828. The molecule has 0 aliphatic carbocycles. The Morgan fingerprint density at radius 1 is 0.892 bits per heavy atom. The van der Waals surface area contributed by atoms with Gasteiger partial charge in [-0.3, -0.25) is 9.36 Å². The van der Waals surface area contributed by atoms with Gasteiger partial charge in [0.05, 0.1) is 33.7 Å². The van der Waals surface area contributed by atoms with E-state index in [2.05, 4.69) is 18.2 Å². The molecule has 1 aliphatic rings. The average Bonchev–Trinajstić information content (AvgIpc) is 2.78. The summed E-state index contributed by atoms with van der Waals surface area (Å²) in [5, 5.41) is 0. The number of nitrogens with zero attached hydrogens (tertiary/aromatic N) is 1. The summed E-state index contributed by atoms with van der Waals surface area (Å²) in [4.78, 5) is 25.0. The first-order chi connectivity index (χ1) is 17.6. The van der Waals surface area contributed by atoms with Gasteiger partial charge in [-0.05, 0) is 39.0 Å². The number of allylic oxidation sites excluding steroid dienone is 3. The van der Waals surface area contributed by atoms with Gasteiger partial charge in [-0.1, -0.05) is 82.1 Å². The monoisotopic (exact) mass is 543 g/mol. The minimum atomic E-state index is -4.51. The molecule has 0 radical (unpaired) electrons. The third-order valence-electron chi connectivity index (χ3n) is 6.46. The standard InChI is InChI=1S/C29H54NO6P/c1-27-22-20-18-16-14-12-10-8-6-5-7-9-11-13-15-17-19-21-23-28(26-29(31)35-27)36-37(32,33)34-25-24-30(2,3)4/h10,12,18,20,27-28H,5-9,11,13-17,19,21-26H2,1-4H3/b12-10-,20-18+/t27-,28-/m1/s1. The van der Waals surface area contributed by atoms with Crippen LogP contribution in [0.5, 0.6) is 0 Å². The number of ether oxygens (including phenoxy) is 1. The van der Waals surface area contributed by atoms with Gasteiger partial charge in [0.2, 0.25) is 0 Å². The largest absolute Gasteiger partial charge is 0.756 e. The number of esters is 1. The van der Waals surface area contributed by atoms with Crippen LogP contribution in [0.3, 0.4) is 0 Å². The van der Waals surface area contributed by atoms with Gasteiger partial charge in [0.1, 0.15) is 19.3 Å². The number of quaternary nitrogens is 1. The first-order valence-electron chi connectivity index (χ1n) is 14.5. The van der Waals surface area contributed by atoms with E-state index >= 15 is 0 Å². The number of hydrogen-bond acceptors (Lipinski definition) is 6. The molecule has 0 saturated carbocycles. The van der Waals surface area contributed by atoms with Crippen LogP contribution in [0, 0.1) is 0 Å². The number of phosphoric acid groups is 1. The van der Waals surface area contributed by atoms with Gasteiger partial charge < -0.3 is 23.2 Å². The predicted molar refractivity (Wildman–Crippen MR) is 149 cm³/mol. The van der Waals surface area contributed by atoms with Crippen LogP contribution in [0.2, 0.25) is 0 Å². The third kappa shape index (κ3) is 21.6. The smallest absolute Gasteiger partial charge is 0.308 e. The van der Waals surface area contributed by atoms with E-state index in [-0.39, 0.29) is 19.1 Å². The molecule has 3 atom stereocenters. The summed E-state index contributed by atoms with van der Waals surface area (Å²) in [6.07, 6.45) is 23.7. The van der Waals surface area contributed by atoms with Gasteiger partial charge in [-0.2, -0.15) is 0 Å². The Hall–Kier alpha value is -0.980. The molecule has 37 heavy (non-hydrogen) atoms. The van der Waals surface area contributed by atoms with Gasteiger partial charge in [0.25, 0.3) is 7.82 Å². The molecule has 0 spiro atoms. The second-order valence-corrected chi connectivity index (χ2v) is 12.8. The molecule has 0 amide bonds. The highest BCUT2D eigenvalue weighted by Crippen LogP contribution is 2.41. The van der Waals surface area contributed by atoms with Crippen molar-refractivity contribution in [1.82, 2.24) is 0 Å². The minimum Gasteiger partial charge on any atom is -0.756 e. The lowest BCUT2D eigenvalue weighted by Gasteiger charge is -2.30. The van der Waals surface area contributed by atoms with Crippen molar-refractivity contribution in [1.29, 1.82) is 0 Å². The van der Waals surface area contributed by atoms with E-state index in [0.717, 1.165) is 32.1 Å². The summed E-state index contributed by atoms with van der Waals surface area (Å²) < 4.78 is 29.0. The van der Waals surface area contributed by atoms with Crippen LogP contribution in [0.15, 0.2) is 24.3 Å². The van der Waals surface area contributed by atoms with Crippen molar-refractivity contribution in [3.63, 3.8) is 0 Å². The van der Waals surface area contributed by atoms with Crippen molar-refractivity contribution in [2.75, 3.05) is 34.3 Å². The summed E-state index contributed by atoms with van der Waals surface area (Å²) in [5.41, 5.74) is 0. The highest BCUT2D eigenvalue weighted by atomic mass is 31.2. The second kappa shape index (κ2) is 20.0. The zero-order valence-electron chi connectivity index (χ0n) is 24.0. The van der Waals surface area contributed by atoms with Crippen molar-refractivity contribution >= 4 is 13.8 Å². The first-order valence-corrected chi connectivity index (χ1v) is 16.0. The topological polar surface area (TPSA) is 84.9 Å². The molecule has 216 valence electrons. The van der Waals surface area contributed by atoms with Crippen molar-refractivity contribution in [2.24, 2.45) is 0 Å². The molecule has 1 heterocycles. The van der Waals surface area contributed by atoms with E-state index in [1.54, 1.807) is 0 Å². The molecule has 0 saturated heterocycles. The molecule has 1 aliphatic heterocycles. The Morgan fingerprint density at radius 3 is 2.05 bits per heavy atom. The lowest BCUT2D eigenvalue weighted by atomic mass is 10.0. The maximum atomic E-state index is 12.6. The summed E-state index contributed by atoms with van der Waals surface area (Å²) >= 11 is 0. The summed E-state index contributed by atoms with van der Waals surface area (Å²) in [5.74, 6) is -0.436. The van der Waals surface area contributed by atoms with E-state index in [1.807, 2.05) is 34.1 Å². The Bertz CT molecular complexity index is 703. The summed E-state index contributed by atoms with van der Waals surface area (Å²) in [6, 6.07) is 0. The van der Waals surface area contributed by atoms with Crippen LogP contribution < -0.4 is 4.89 Å². The Labute approximate surface area is 226 Å². The van der Waals surface area contributed by atoms with E-state index in [1.165, 1.54) is 51.4 Å². The lowest BCUT2D eigenvalue weighted by molar-refractivity contribution is -0.870. The van der Waals surface area contributed by atoms with Gasteiger partial charge >= 0.3 is 5.97 Å². The molecule has 0 fully saturated rings. The number of hydrogen-bond donors (Lipinski definition) is 0. The third-order valence-corrected chi connectivity index (χ3v) is 7.52. The molecule has 0 aromatic rings. The second-order valence-electron chi connectivity index (χ2n) is 11.4. The van der Waals surface area contributed by atoms with E-state index in [4.69, 9.17) is 13.8 Å². The molecule has 0 aromatic heterocycles. The molecule has 1 rings (SSSR count).